The highest BCUT2D eigenvalue weighted by Crippen LogP contribution is 2.21. The van der Waals surface area contributed by atoms with Crippen molar-refractivity contribution in [3.05, 3.63) is 78.6 Å². The number of rotatable bonds is 5. The van der Waals surface area contributed by atoms with Crippen LogP contribution < -0.4 is 16.0 Å². The molecule has 0 unspecified atom stereocenters. The Morgan fingerprint density at radius 2 is 1.40 bits per heavy atom. The van der Waals surface area contributed by atoms with Gasteiger partial charge in [-0.2, -0.15) is 13.2 Å². The molecule has 0 saturated heterocycles. The van der Waals surface area contributed by atoms with Gasteiger partial charge in [0.2, 0.25) is 0 Å². The molecule has 0 radical (unpaired) electrons. The van der Waals surface area contributed by atoms with Crippen LogP contribution in [0.4, 0.5) is 29.3 Å². The highest BCUT2D eigenvalue weighted by molar-refractivity contribution is 6.01. The molecule has 3 amide bonds. The average Bonchev–Trinajstić information content (AvgIpc) is 2.79. The summed E-state index contributed by atoms with van der Waals surface area (Å²) >= 11 is 0. The van der Waals surface area contributed by atoms with Crippen LogP contribution in [0.1, 0.15) is 24.2 Å². The minimum absolute atomic E-state index is 0.0440. The van der Waals surface area contributed by atoms with E-state index in [2.05, 4.69) is 20.9 Å². The first-order valence-corrected chi connectivity index (χ1v) is 10.2. The van der Waals surface area contributed by atoms with E-state index in [1.165, 1.54) is 0 Å². The SMILES string of the molecule is CC(C)NC(=O)c1cccc(NC(=O)Nc2ccc(-c3ccncc3)cc2)c1.O=C(O)C(F)(F)F. The van der Waals surface area contributed by atoms with E-state index >= 15 is 0 Å². The van der Waals surface area contributed by atoms with Crippen LogP contribution in [-0.2, 0) is 4.79 Å². The normalized spacial score (nSPS) is 10.6. The summed E-state index contributed by atoms with van der Waals surface area (Å²) in [6, 6.07) is 17.9. The number of urea groups is 1. The zero-order valence-electron chi connectivity index (χ0n) is 18.8. The smallest absolute Gasteiger partial charge is 0.475 e. The van der Waals surface area contributed by atoms with Gasteiger partial charge in [-0.05, 0) is 67.4 Å². The van der Waals surface area contributed by atoms with Crippen LogP contribution in [0, 0.1) is 0 Å². The molecule has 0 aliphatic rings. The quantitative estimate of drug-likeness (QED) is 0.395. The standard InChI is InChI=1S/C22H22N4O2.C2HF3O2/c1-15(2)24-21(27)18-4-3-5-20(14-18)26-22(28)25-19-8-6-16(7-9-19)17-10-12-23-13-11-17;3-2(4,5)1(6)7/h3-15H,1-2H3,(H,24,27)(H2,25,26,28);(H,6,7). The number of nitrogens with zero attached hydrogens (tertiary/aromatic N) is 1. The van der Waals surface area contributed by atoms with Crippen molar-refractivity contribution in [2.75, 3.05) is 10.6 Å². The predicted octanol–water partition coefficient (Wildman–Crippen LogP) is 5.16. The second-order valence-electron chi connectivity index (χ2n) is 7.40. The van der Waals surface area contributed by atoms with Gasteiger partial charge in [-0.15, -0.1) is 0 Å². The number of amides is 3. The number of pyridine rings is 1. The van der Waals surface area contributed by atoms with Crippen molar-refractivity contribution in [2.24, 2.45) is 0 Å². The van der Waals surface area contributed by atoms with E-state index < -0.39 is 12.1 Å². The van der Waals surface area contributed by atoms with E-state index in [0.717, 1.165) is 11.1 Å². The van der Waals surface area contributed by atoms with Crippen LogP contribution in [0.15, 0.2) is 73.1 Å². The van der Waals surface area contributed by atoms with Gasteiger partial charge in [0, 0.05) is 35.4 Å². The number of alkyl halides is 3. The summed E-state index contributed by atoms with van der Waals surface area (Å²) < 4.78 is 31.7. The van der Waals surface area contributed by atoms with Crippen LogP contribution in [0.2, 0.25) is 0 Å². The number of benzene rings is 2. The van der Waals surface area contributed by atoms with E-state index in [1.807, 2.05) is 50.2 Å². The summed E-state index contributed by atoms with van der Waals surface area (Å²) in [5.41, 5.74) is 3.80. The van der Waals surface area contributed by atoms with Gasteiger partial charge in [-0.1, -0.05) is 18.2 Å². The Morgan fingerprint density at radius 1 is 0.857 bits per heavy atom. The number of halogens is 3. The second-order valence-corrected chi connectivity index (χ2v) is 7.40. The third-order valence-electron chi connectivity index (χ3n) is 4.20. The van der Waals surface area contributed by atoms with E-state index in [0.29, 0.717) is 16.9 Å². The highest BCUT2D eigenvalue weighted by atomic mass is 19.4. The van der Waals surface area contributed by atoms with Gasteiger partial charge in [0.1, 0.15) is 0 Å². The molecule has 3 rings (SSSR count). The minimum Gasteiger partial charge on any atom is -0.475 e. The number of carboxylic acids is 1. The molecule has 0 bridgehead atoms. The Morgan fingerprint density at radius 3 is 1.94 bits per heavy atom. The van der Waals surface area contributed by atoms with Crippen LogP contribution in [0.25, 0.3) is 11.1 Å². The molecule has 8 nitrogen and oxygen atoms in total. The average molecular weight is 488 g/mol. The number of carbonyl (C=O) groups is 3. The number of hydrogen-bond donors (Lipinski definition) is 4. The number of aliphatic carboxylic acids is 1. The fourth-order valence-electron chi connectivity index (χ4n) is 2.67. The number of nitrogens with one attached hydrogen (secondary N) is 3. The molecule has 1 aromatic heterocycles. The number of carbonyl (C=O) groups excluding carboxylic acids is 2. The van der Waals surface area contributed by atoms with Gasteiger partial charge in [-0.3, -0.25) is 9.78 Å². The molecule has 0 aliphatic carbocycles. The van der Waals surface area contributed by atoms with Crippen LogP contribution in [0.3, 0.4) is 0 Å². The molecule has 4 N–H and O–H groups in total. The van der Waals surface area contributed by atoms with Gasteiger partial charge in [0.15, 0.2) is 0 Å². The fourth-order valence-corrected chi connectivity index (χ4v) is 2.67. The summed E-state index contributed by atoms with van der Waals surface area (Å²) in [7, 11) is 0. The molecule has 1 heterocycles. The Labute approximate surface area is 199 Å². The summed E-state index contributed by atoms with van der Waals surface area (Å²) in [4.78, 5) is 37.3. The zero-order chi connectivity index (χ0) is 26.0. The Balaban J connectivity index is 0.000000540. The van der Waals surface area contributed by atoms with Gasteiger partial charge in [-0.25, -0.2) is 9.59 Å². The van der Waals surface area contributed by atoms with Crippen LogP contribution in [-0.4, -0.2) is 40.2 Å². The van der Waals surface area contributed by atoms with Crippen LogP contribution >= 0.6 is 0 Å². The molecular formula is C24H23F3N4O4. The second kappa shape index (κ2) is 12.2. The molecule has 35 heavy (non-hydrogen) atoms. The first-order chi connectivity index (χ1) is 16.5. The van der Waals surface area contributed by atoms with E-state index in [4.69, 9.17) is 9.90 Å². The third kappa shape index (κ3) is 9.16. The Kier molecular flexibility index (Phi) is 9.33. The van der Waals surface area contributed by atoms with Crippen molar-refractivity contribution >= 4 is 29.3 Å². The molecule has 0 atom stereocenters. The Hall–Kier alpha value is -4.41. The maximum absolute atomic E-state index is 12.3. The van der Waals surface area contributed by atoms with Crippen molar-refractivity contribution < 1.29 is 32.7 Å². The van der Waals surface area contributed by atoms with Crippen molar-refractivity contribution in [2.45, 2.75) is 26.1 Å². The van der Waals surface area contributed by atoms with Gasteiger partial charge in [0.25, 0.3) is 5.91 Å². The molecule has 0 spiro atoms. The molecule has 0 fully saturated rings. The predicted molar refractivity (Wildman–Crippen MR) is 125 cm³/mol. The lowest BCUT2D eigenvalue weighted by Gasteiger charge is -2.11. The summed E-state index contributed by atoms with van der Waals surface area (Å²) in [5, 5.41) is 15.5. The van der Waals surface area contributed by atoms with E-state index in [9.17, 15) is 22.8 Å². The molecule has 11 heteroatoms. The van der Waals surface area contributed by atoms with Gasteiger partial charge < -0.3 is 21.1 Å². The van der Waals surface area contributed by atoms with E-state index in [-0.39, 0.29) is 18.0 Å². The largest absolute Gasteiger partial charge is 0.490 e. The molecule has 0 aliphatic heterocycles. The lowest BCUT2D eigenvalue weighted by atomic mass is 10.1. The summed E-state index contributed by atoms with van der Waals surface area (Å²) in [5.74, 6) is -2.93. The lowest BCUT2D eigenvalue weighted by Crippen LogP contribution is -2.30. The molecule has 0 saturated carbocycles. The zero-order valence-corrected chi connectivity index (χ0v) is 18.8. The van der Waals surface area contributed by atoms with Gasteiger partial charge >= 0.3 is 18.2 Å². The van der Waals surface area contributed by atoms with Crippen LogP contribution in [0.5, 0.6) is 0 Å². The number of carboxylic acid groups (broad SMARTS) is 1. The molecular weight excluding hydrogens is 465 g/mol. The molecule has 184 valence electrons. The summed E-state index contributed by atoms with van der Waals surface area (Å²) in [6.45, 7) is 3.79. The number of anilines is 2. The Bertz CT molecular complexity index is 1150. The lowest BCUT2D eigenvalue weighted by molar-refractivity contribution is -0.192. The monoisotopic (exact) mass is 488 g/mol. The van der Waals surface area contributed by atoms with E-state index in [1.54, 1.807) is 36.7 Å². The first kappa shape index (κ1) is 26.8. The van der Waals surface area contributed by atoms with Crippen molar-refractivity contribution in [3.8, 4) is 11.1 Å². The number of hydrogen-bond acceptors (Lipinski definition) is 4. The first-order valence-electron chi connectivity index (χ1n) is 10.2. The van der Waals surface area contributed by atoms with Gasteiger partial charge in [0.05, 0.1) is 0 Å². The van der Waals surface area contributed by atoms with Crippen molar-refractivity contribution in [3.63, 3.8) is 0 Å². The molecule has 3 aromatic rings. The topological polar surface area (TPSA) is 120 Å². The third-order valence-corrected chi connectivity index (χ3v) is 4.20. The maximum atomic E-state index is 12.3. The summed E-state index contributed by atoms with van der Waals surface area (Å²) in [6.07, 6.45) is -1.60. The molecule has 2 aromatic carbocycles. The number of aromatic nitrogens is 1. The minimum atomic E-state index is -5.08. The fraction of sp³-hybridized carbons (Fsp3) is 0.167. The van der Waals surface area contributed by atoms with Crippen molar-refractivity contribution in [1.29, 1.82) is 0 Å². The maximum Gasteiger partial charge on any atom is 0.490 e. The highest BCUT2D eigenvalue weighted by Gasteiger charge is 2.38. The van der Waals surface area contributed by atoms with Crippen molar-refractivity contribution in [1.82, 2.24) is 10.3 Å².